The minimum atomic E-state index is -0.317. The molecular formula is C14H17NO4. The predicted molar refractivity (Wildman–Crippen MR) is 68.1 cm³/mol. The monoisotopic (exact) mass is 263 g/mol. The largest absolute Gasteiger partial charge is 0.487 e. The van der Waals surface area contributed by atoms with E-state index in [-0.39, 0.29) is 24.3 Å². The second-order valence-corrected chi connectivity index (χ2v) is 4.84. The number of ether oxygens (including phenoxy) is 3. The molecular weight excluding hydrogens is 246 g/mol. The summed E-state index contributed by atoms with van der Waals surface area (Å²) in [7, 11) is 3.05. The first kappa shape index (κ1) is 12.3. The van der Waals surface area contributed by atoms with Gasteiger partial charge in [0, 0.05) is 19.1 Å². The van der Waals surface area contributed by atoms with Crippen molar-refractivity contribution in [2.45, 2.75) is 24.7 Å². The molecule has 0 N–H and O–H groups in total. The van der Waals surface area contributed by atoms with Gasteiger partial charge in [0.05, 0.1) is 19.7 Å². The van der Waals surface area contributed by atoms with Gasteiger partial charge >= 0.3 is 6.09 Å². The van der Waals surface area contributed by atoms with Crippen molar-refractivity contribution in [2.75, 3.05) is 20.8 Å². The van der Waals surface area contributed by atoms with Crippen LogP contribution in [0.1, 0.15) is 18.0 Å². The van der Waals surface area contributed by atoms with Crippen LogP contribution in [-0.2, 0) is 9.47 Å². The van der Waals surface area contributed by atoms with E-state index in [9.17, 15) is 4.79 Å². The first-order valence-electron chi connectivity index (χ1n) is 6.37. The summed E-state index contributed by atoms with van der Waals surface area (Å²) in [4.78, 5) is 13.7. The molecule has 1 aromatic rings. The van der Waals surface area contributed by atoms with Crippen molar-refractivity contribution in [2.24, 2.45) is 0 Å². The summed E-state index contributed by atoms with van der Waals surface area (Å²) in [6.45, 7) is 0.493. The number of likely N-dealkylation sites (tertiary alicyclic amines) is 1. The highest BCUT2D eigenvalue weighted by Gasteiger charge is 2.44. The van der Waals surface area contributed by atoms with Gasteiger partial charge in [0.25, 0.3) is 0 Å². The van der Waals surface area contributed by atoms with E-state index >= 15 is 0 Å². The van der Waals surface area contributed by atoms with Crippen molar-refractivity contribution < 1.29 is 19.0 Å². The lowest BCUT2D eigenvalue weighted by Crippen LogP contribution is -2.55. The summed E-state index contributed by atoms with van der Waals surface area (Å²) in [5, 5.41) is 0. The summed E-state index contributed by atoms with van der Waals surface area (Å²) in [5.41, 5.74) is 1.04. The Hall–Kier alpha value is -1.75. The summed E-state index contributed by atoms with van der Waals surface area (Å²) in [6, 6.07) is 7.83. The Kier molecular flexibility index (Phi) is 3.06. The number of carbonyl (C=O) groups is 1. The van der Waals surface area contributed by atoms with E-state index in [4.69, 9.17) is 14.2 Å². The Balaban J connectivity index is 2.00. The smallest absolute Gasteiger partial charge is 0.410 e. The Morgan fingerprint density at radius 2 is 2.16 bits per heavy atom. The van der Waals surface area contributed by atoms with Crippen molar-refractivity contribution in [1.82, 2.24) is 4.90 Å². The molecule has 2 aliphatic rings. The number of amides is 1. The fourth-order valence-electron chi connectivity index (χ4n) is 2.93. The molecule has 0 spiro atoms. The van der Waals surface area contributed by atoms with Crippen LogP contribution < -0.4 is 4.74 Å². The first-order chi connectivity index (χ1) is 9.24. The third-order valence-corrected chi connectivity index (χ3v) is 3.89. The number of hydrogen-bond acceptors (Lipinski definition) is 4. The number of benzene rings is 1. The molecule has 0 aromatic heterocycles. The summed E-state index contributed by atoms with van der Waals surface area (Å²) < 4.78 is 16.3. The van der Waals surface area contributed by atoms with Gasteiger partial charge in [0.15, 0.2) is 0 Å². The van der Waals surface area contributed by atoms with Gasteiger partial charge in [0.1, 0.15) is 18.0 Å². The van der Waals surface area contributed by atoms with Crippen LogP contribution in [0.5, 0.6) is 5.75 Å². The number of carbonyl (C=O) groups excluding carboxylic acids is 1. The average molecular weight is 263 g/mol. The lowest BCUT2D eigenvalue weighted by molar-refractivity contribution is -0.0760. The topological polar surface area (TPSA) is 48.0 Å². The molecule has 0 aliphatic carbocycles. The Bertz CT molecular complexity index is 490. The predicted octanol–water partition coefficient (Wildman–Crippen LogP) is 1.98. The minimum absolute atomic E-state index is 0.00815. The van der Waals surface area contributed by atoms with Crippen LogP contribution in [0.25, 0.3) is 0 Å². The normalized spacial score (nSPS) is 28.3. The number of nitrogens with zero attached hydrogens (tertiary/aromatic N) is 1. The molecule has 2 heterocycles. The van der Waals surface area contributed by atoms with Crippen LogP contribution in [0.3, 0.4) is 0 Å². The number of rotatable bonds is 1. The fourth-order valence-corrected chi connectivity index (χ4v) is 2.93. The van der Waals surface area contributed by atoms with Crippen molar-refractivity contribution in [3.63, 3.8) is 0 Å². The van der Waals surface area contributed by atoms with Gasteiger partial charge in [0.2, 0.25) is 0 Å². The lowest BCUT2D eigenvalue weighted by atomic mass is 9.89. The molecule has 1 amide bonds. The van der Waals surface area contributed by atoms with E-state index in [0.717, 1.165) is 17.7 Å². The molecule has 0 radical (unpaired) electrons. The van der Waals surface area contributed by atoms with Gasteiger partial charge < -0.3 is 14.2 Å². The lowest BCUT2D eigenvalue weighted by Gasteiger charge is -2.46. The van der Waals surface area contributed by atoms with Crippen LogP contribution in [0.2, 0.25) is 0 Å². The maximum atomic E-state index is 11.9. The van der Waals surface area contributed by atoms with Crippen LogP contribution in [0, 0.1) is 0 Å². The third kappa shape index (κ3) is 1.94. The molecule has 19 heavy (non-hydrogen) atoms. The van der Waals surface area contributed by atoms with Crippen molar-refractivity contribution >= 4 is 6.09 Å². The Labute approximate surface area is 112 Å². The number of piperidine rings is 1. The highest BCUT2D eigenvalue weighted by molar-refractivity contribution is 5.69. The van der Waals surface area contributed by atoms with E-state index in [2.05, 4.69) is 0 Å². The molecule has 5 nitrogen and oxygen atoms in total. The van der Waals surface area contributed by atoms with E-state index in [1.807, 2.05) is 24.3 Å². The first-order valence-corrected chi connectivity index (χ1v) is 6.37. The van der Waals surface area contributed by atoms with Crippen LogP contribution >= 0.6 is 0 Å². The number of hydrogen-bond donors (Lipinski definition) is 0. The Morgan fingerprint density at radius 3 is 2.89 bits per heavy atom. The van der Waals surface area contributed by atoms with Crippen LogP contribution in [-0.4, -0.2) is 44.0 Å². The quantitative estimate of drug-likeness (QED) is 0.777. The zero-order valence-electron chi connectivity index (χ0n) is 11.0. The molecule has 3 atom stereocenters. The van der Waals surface area contributed by atoms with Gasteiger partial charge in [-0.2, -0.15) is 0 Å². The molecule has 5 heteroatoms. The van der Waals surface area contributed by atoms with E-state index in [1.54, 1.807) is 12.0 Å². The molecule has 102 valence electrons. The highest BCUT2D eigenvalue weighted by Crippen LogP contribution is 2.42. The van der Waals surface area contributed by atoms with E-state index in [1.165, 1.54) is 7.11 Å². The molecule has 2 aliphatic heterocycles. The van der Waals surface area contributed by atoms with Gasteiger partial charge in [-0.15, -0.1) is 0 Å². The number of fused-ring (bicyclic) bond motifs is 4. The third-order valence-electron chi connectivity index (χ3n) is 3.89. The van der Waals surface area contributed by atoms with Crippen molar-refractivity contribution in [1.29, 1.82) is 0 Å². The minimum Gasteiger partial charge on any atom is -0.487 e. The molecule has 1 aromatic carbocycles. The molecule has 1 fully saturated rings. The maximum Gasteiger partial charge on any atom is 0.410 e. The second kappa shape index (κ2) is 4.74. The molecule has 1 saturated heterocycles. The summed E-state index contributed by atoms with van der Waals surface area (Å²) in [5.74, 6) is 0.833. The van der Waals surface area contributed by atoms with Crippen molar-refractivity contribution in [3.8, 4) is 5.75 Å². The van der Waals surface area contributed by atoms with E-state index in [0.29, 0.717) is 6.54 Å². The number of methoxy groups -OCH3 is 2. The molecule has 0 saturated carbocycles. The second-order valence-electron chi connectivity index (χ2n) is 4.84. The number of para-hydroxylation sites is 1. The van der Waals surface area contributed by atoms with Crippen LogP contribution in [0.15, 0.2) is 24.3 Å². The molecule has 0 unspecified atom stereocenters. The maximum absolute atomic E-state index is 11.9. The standard InChI is InChI=1S/C14H17NO4/c1-17-13-8-15(14(16)18-2)10-7-12(13)19-11-6-4-3-5-9(10)11/h3-6,10,12-13H,7-8H2,1-2H3/t10-,12-,13+/m1/s1. The van der Waals surface area contributed by atoms with Gasteiger partial charge in [-0.3, -0.25) is 4.90 Å². The summed E-state index contributed by atoms with van der Waals surface area (Å²) >= 11 is 0. The van der Waals surface area contributed by atoms with Crippen LogP contribution in [0.4, 0.5) is 4.79 Å². The van der Waals surface area contributed by atoms with E-state index < -0.39 is 0 Å². The van der Waals surface area contributed by atoms with Gasteiger partial charge in [-0.1, -0.05) is 18.2 Å². The fraction of sp³-hybridized carbons (Fsp3) is 0.500. The SMILES string of the molecule is COC(=O)N1C[C@H](OC)[C@H]2C[C@@H]1c1ccccc1O2. The van der Waals surface area contributed by atoms with Gasteiger partial charge in [-0.05, 0) is 6.07 Å². The zero-order valence-corrected chi connectivity index (χ0v) is 11.0. The summed E-state index contributed by atoms with van der Waals surface area (Å²) in [6.07, 6.45) is 0.293. The molecule has 2 bridgehead atoms. The Morgan fingerprint density at radius 1 is 1.37 bits per heavy atom. The van der Waals surface area contributed by atoms with Gasteiger partial charge in [-0.25, -0.2) is 4.79 Å². The highest BCUT2D eigenvalue weighted by atomic mass is 16.6. The average Bonchev–Trinajstić information content (AvgIpc) is 2.47. The zero-order chi connectivity index (χ0) is 13.4. The molecule has 3 rings (SSSR count). The van der Waals surface area contributed by atoms with Crippen molar-refractivity contribution in [3.05, 3.63) is 29.8 Å².